The van der Waals surface area contributed by atoms with Crippen LogP contribution in [-0.4, -0.2) is 83.7 Å². The lowest BCUT2D eigenvalue weighted by Crippen LogP contribution is -2.47. The fraction of sp³-hybridized carbons (Fsp3) is 0.667. The van der Waals surface area contributed by atoms with Gasteiger partial charge in [-0.1, -0.05) is 19.1 Å². The summed E-state index contributed by atoms with van der Waals surface area (Å²) in [6, 6.07) is 4.89. The Bertz CT molecular complexity index is 1050. The number of carbonyl (C=O) groups excluding carboxylic acids is 1. The lowest BCUT2D eigenvalue weighted by Gasteiger charge is -2.37. The molecule has 0 bridgehead atoms. The summed E-state index contributed by atoms with van der Waals surface area (Å²) >= 11 is 0. The maximum atomic E-state index is 12.7. The van der Waals surface area contributed by atoms with E-state index < -0.39 is 15.8 Å². The highest BCUT2D eigenvalue weighted by Gasteiger charge is 2.40. The van der Waals surface area contributed by atoms with Crippen molar-refractivity contribution in [2.45, 2.75) is 56.8 Å². The van der Waals surface area contributed by atoms with Gasteiger partial charge >= 0.3 is 0 Å². The predicted octanol–water partition coefficient (Wildman–Crippen LogP) is 1.61. The van der Waals surface area contributed by atoms with Gasteiger partial charge in [-0.2, -0.15) is 4.31 Å². The molecule has 176 valence electrons. The largest absolute Gasteiger partial charge is 0.347 e. The smallest absolute Gasteiger partial charge is 0.243 e. The molecule has 2 fully saturated rings. The zero-order valence-electron chi connectivity index (χ0n) is 18.7. The van der Waals surface area contributed by atoms with Crippen molar-refractivity contribution in [2.24, 2.45) is 0 Å². The van der Waals surface area contributed by atoms with Gasteiger partial charge in [-0.15, -0.1) is 5.10 Å². The normalized spacial score (nSPS) is 18.8. The van der Waals surface area contributed by atoms with Crippen molar-refractivity contribution < 1.29 is 22.7 Å². The Morgan fingerprint density at radius 2 is 1.84 bits per heavy atom. The minimum atomic E-state index is -3.54. The van der Waals surface area contributed by atoms with Gasteiger partial charge in [-0.05, 0) is 24.6 Å². The quantitative estimate of drug-likeness (QED) is 0.583. The molecule has 1 amide bonds. The maximum absolute atomic E-state index is 12.7. The molecule has 2 aliphatic heterocycles. The second kappa shape index (κ2) is 9.42. The van der Waals surface area contributed by atoms with Gasteiger partial charge in [0.05, 0.1) is 23.6 Å². The summed E-state index contributed by atoms with van der Waals surface area (Å²) < 4.78 is 40.0. The highest BCUT2D eigenvalue weighted by molar-refractivity contribution is 7.89. The van der Waals surface area contributed by atoms with E-state index in [0.29, 0.717) is 77.1 Å². The van der Waals surface area contributed by atoms with Crippen LogP contribution in [-0.2, 0) is 30.8 Å². The summed E-state index contributed by atoms with van der Waals surface area (Å²) in [4.78, 5) is 14.7. The van der Waals surface area contributed by atoms with Gasteiger partial charge in [0, 0.05) is 52.0 Å². The summed E-state index contributed by atoms with van der Waals surface area (Å²) in [5.41, 5.74) is 1.29. The second-order valence-corrected chi connectivity index (χ2v) is 10.1. The van der Waals surface area contributed by atoms with Gasteiger partial charge < -0.3 is 14.4 Å². The fourth-order valence-corrected chi connectivity index (χ4v) is 5.89. The lowest BCUT2D eigenvalue weighted by atomic mass is 10.0. The number of benzene rings is 1. The molecule has 0 N–H and O–H groups in total. The molecule has 32 heavy (non-hydrogen) atoms. The Morgan fingerprint density at radius 1 is 1.16 bits per heavy atom. The van der Waals surface area contributed by atoms with Crippen molar-refractivity contribution in [3.63, 3.8) is 0 Å². The SMILES string of the molecule is CCN(CC)S(=O)(=O)c1ccc2c(c1)nnn2CCCC(=O)N1CCC2(CC1)OCCO2. The zero-order valence-corrected chi connectivity index (χ0v) is 19.5. The van der Waals surface area contributed by atoms with E-state index in [9.17, 15) is 13.2 Å². The topological polar surface area (TPSA) is 107 Å². The molecule has 0 atom stereocenters. The number of aromatic nitrogens is 3. The summed E-state index contributed by atoms with van der Waals surface area (Å²) in [5.74, 6) is -0.358. The number of amides is 1. The van der Waals surface area contributed by atoms with Gasteiger partial charge in [0.2, 0.25) is 15.9 Å². The number of sulfonamides is 1. The summed E-state index contributed by atoms with van der Waals surface area (Å²) in [5, 5.41) is 8.30. The molecule has 1 aromatic carbocycles. The Kier molecular flexibility index (Phi) is 6.80. The summed E-state index contributed by atoms with van der Waals surface area (Å²) in [7, 11) is -3.54. The van der Waals surface area contributed by atoms with Crippen molar-refractivity contribution in [3.8, 4) is 0 Å². The van der Waals surface area contributed by atoms with Crippen molar-refractivity contribution >= 4 is 27.0 Å². The minimum Gasteiger partial charge on any atom is -0.347 e. The van der Waals surface area contributed by atoms with Gasteiger partial charge in [0.1, 0.15) is 5.52 Å². The summed E-state index contributed by atoms with van der Waals surface area (Å²) in [6.07, 6.45) is 2.48. The third kappa shape index (κ3) is 4.52. The Hall–Kier alpha value is -2.08. The third-order valence-electron chi connectivity index (χ3n) is 6.28. The van der Waals surface area contributed by atoms with Crippen LogP contribution in [0.4, 0.5) is 0 Å². The maximum Gasteiger partial charge on any atom is 0.243 e. The molecule has 11 heteroatoms. The van der Waals surface area contributed by atoms with Crippen LogP contribution in [0.5, 0.6) is 0 Å². The zero-order chi connectivity index (χ0) is 22.8. The molecule has 4 rings (SSSR count). The summed E-state index contributed by atoms with van der Waals surface area (Å²) in [6.45, 7) is 7.54. The fourth-order valence-electron chi connectivity index (χ4n) is 4.41. The molecule has 0 radical (unpaired) electrons. The molecular formula is C21H31N5O5S. The van der Waals surface area contributed by atoms with Crippen molar-refractivity contribution in [2.75, 3.05) is 39.4 Å². The van der Waals surface area contributed by atoms with Gasteiger partial charge in [0.15, 0.2) is 5.79 Å². The number of carbonyl (C=O) groups is 1. The van der Waals surface area contributed by atoms with Crippen molar-refractivity contribution in [1.82, 2.24) is 24.2 Å². The van der Waals surface area contributed by atoms with E-state index in [4.69, 9.17) is 9.47 Å². The van der Waals surface area contributed by atoms with Gasteiger partial charge in [0.25, 0.3) is 0 Å². The highest BCUT2D eigenvalue weighted by atomic mass is 32.2. The van der Waals surface area contributed by atoms with Gasteiger partial charge in [-0.25, -0.2) is 13.1 Å². The number of hydrogen-bond acceptors (Lipinski definition) is 7. The molecule has 10 nitrogen and oxygen atoms in total. The van der Waals surface area contributed by atoms with E-state index in [1.165, 1.54) is 4.31 Å². The van der Waals surface area contributed by atoms with E-state index in [0.717, 1.165) is 5.52 Å². The Labute approximate surface area is 188 Å². The molecule has 2 saturated heterocycles. The Morgan fingerprint density at radius 3 is 2.50 bits per heavy atom. The number of rotatable bonds is 8. The first-order valence-corrected chi connectivity index (χ1v) is 12.7. The van der Waals surface area contributed by atoms with E-state index in [2.05, 4.69) is 10.3 Å². The van der Waals surface area contributed by atoms with Crippen LogP contribution in [0.2, 0.25) is 0 Å². The molecule has 3 heterocycles. The van der Waals surface area contributed by atoms with Crippen LogP contribution in [0.15, 0.2) is 23.1 Å². The van der Waals surface area contributed by atoms with Crippen LogP contribution in [0.1, 0.15) is 39.5 Å². The average molecular weight is 466 g/mol. The monoisotopic (exact) mass is 465 g/mol. The molecule has 0 aliphatic carbocycles. The van der Waals surface area contributed by atoms with Crippen LogP contribution in [0.25, 0.3) is 11.0 Å². The van der Waals surface area contributed by atoms with Gasteiger partial charge in [-0.3, -0.25) is 4.79 Å². The van der Waals surface area contributed by atoms with Crippen molar-refractivity contribution in [1.29, 1.82) is 0 Å². The molecule has 2 aliphatic rings. The first kappa shape index (κ1) is 23.1. The molecule has 0 unspecified atom stereocenters. The lowest BCUT2D eigenvalue weighted by molar-refractivity contribution is -0.187. The number of nitrogens with zero attached hydrogens (tertiary/aromatic N) is 5. The average Bonchev–Trinajstić information content (AvgIpc) is 3.42. The molecule has 1 spiro atoms. The number of fused-ring (bicyclic) bond motifs is 1. The number of aryl methyl sites for hydroxylation is 1. The molecule has 2 aromatic rings. The third-order valence-corrected chi connectivity index (χ3v) is 8.33. The number of piperidine rings is 1. The van der Waals surface area contributed by atoms with Crippen LogP contribution >= 0.6 is 0 Å². The minimum absolute atomic E-state index is 0.120. The van der Waals surface area contributed by atoms with E-state index in [1.807, 2.05) is 18.7 Å². The first-order valence-electron chi connectivity index (χ1n) is 11.3. The van der Waals surface area contributed by atoms with Crippen LogP contribution in [0, 0.1) is 0 Å². The van der Waals surface area contributed by atoms with E-state index in [-0.39, 0.29) is 10.8 Å². The molecule has 0 saturated carbocycles. The van der Waals surface area contributed by atoms with Crippen LogP contribution in [0.3, 0.4) is 0 Å². The van der Waals surface area contributed by atoms with E-state index >= 15 is 0 Å². The number of likely N-dealkylation sites (tertiary alicyclic amines) is 1. The Balaban J connectivity index is 1.33. The number of hydrogen-bond donors (Lipinski definition) is 0. The second-order valence-electron chi connectivity index (χ2n) is 8.14. The van der Waals surface area contributed by atoms with E-state index in [1.54, 1.807) is 22.9 Å². The highest BCUT2D eigenvalue weighted by Crippen LogP contribution is 2.31. The standard InChI is InChI=1S/C21H31N5O5S/c1-3-25(4-2)32(28,29)17-7-8-19-18(16-17)22-23-26(19)11-5-6-20(27)24-12-9-21(10-13-24)30-14-15-31-21/h7-8,16H,3-6,9-15H2,1-2H3. The first-order chi connectivity index (χ1) is 15.4. The molecular weight excluding hydrogens is 434 g/mol. The van der Waals surface area contributed by atoms with Crippen molar-refractivity contribution in [3.05, 3.63) is 18.2 Å². The number of ether oxygens (including phenoxy) is 2. The van der Waals surface area contributed by atoms with Crippen LogP contribution < -0.4 is 0 Å². The predicted molar refractivity (Wildman–Crippen MR) is 117 cm³/mol. The molecule has 1 aromatic heterocycles.